The second-order valence-corrected chi connectivity index (χ2v) is 10.6. The molecule has 202 valence electrons. The number of rotatable bonds is 10. The second-order valence-electron chi connectivity index (χ2n) is 8.55. The molecular weight excluding hydrogens is 546 g/mol. The van der Waals surface area contributed by atoms with Gasteiger partial charge in [0.05, 0.1) is 11.3 Å². The Morgan fingerprint density at radius 3 is 2.40 bits per heavy atom. The Bertz CT molecular complexity index is 1570. The highest BCUT2D eigenvalue weighted by Gasteiger charge is 2.16. The van der Waals surface area contributed by atoms with Gasteiger partial charge in [-0.2, -0.15) is 0 Å². The molecule has 3 amide bonds. The number of thiophene rings is 1. The van der Waals surface area contributed by atoms with Crippen molar-refractivity contribution in [2.24, 2.45) is 0 Å². The summed E-state index contributed by atoms with van der Waals surface area (Å²) in [5.41, 5.74) is 2.28. The van der Waals surface area contributed by atoms with Crippen LogP contribution in [0.2, 0.25) is 0 Å². The van der Waals surface area contributed by atoms with Gasteiger partial charge in [0.15, 0.2) is 0 Å². The van der Waals surface area contributed by atoms with Crippen LogP contribution in [0.3, 0.4) is 0 Å². The first-order valence-corrected chi connectivity index (χ1v) is 13.9. The number of carboxylic acid groups (broad SMARTS) is 1. The molecule has 0 saturated carbocycles. The molecule has 4 rings (SSSR count). The summed E-state index contributed by atoms with van der Waals surface area (Å²) in [6, 6.07) is 23.9. The highest BCUT2D eigenvalue weighted by molar-refractivity contribution is 8.00. The molecule has 0 atom stereocenters. The Balaban J connectivity index is 1.41. The van der Waals surface area contributed by atoms with Crippen molar-refractivity contribution in [2.75, 3.05) is 16.4 Å². The van der Waals surface area contributed by atoms with Gasteiger partial charge in [-0.3, -0.25) is 14.4 Å². The van der Waals surface area contributed by atoms with E-state index in [0.29, 0.717) is 16.9 Å². The molecule has 0 radical (unpaired) electrons. The molecule has 0 fully saturated rings. The summed E-state index contributed by atoms with van der Waals surface area (Å²) in [5.74, 6) is -2.19. The molecule has 3 aromatic carbocycles. The topological polar surface area (TPSA) is 125 Å². The summed E-state index contributed by atoms with van der Waals surface area (Å²) < 4.78 is 0. The lowest BCUT2D eigenvalue weighted by Crippen LogP contribution is -2.30. The molecule has 0 bridgehead atoms. The van der Waals surface area contributed by atoms with Crippen molar-refractivity contribution >= 4 is 64.2 Å². The van der Waals surface area contributed by atoms with Crippen LogP contribution in [0.5, 0.6) is 0 Å². The molecule has 4 aromatic rings. The van der Waals surface area contributed by atoms with E-state index in [1.807, 2.05) is 23.6 Å². The minimum Gasteiger partial charge on any atom is -0.478 e. The second kappa shape index (κ2) is 13.4. The third kappa shape index (κ3) is 7.92. The highest BCUT2D eigenvalue weighted by Crippen LogP contribution is 2.24. The number of carbonyl (C=O) groups excluding carboxylic acids is 3. The molecule has 0 aliphatic carbocycles. The maximum absolute atomic E-state index is 13.2. The van der Waals surface area contributed by atoms with Gasteiger partial charge < -0.3 is 21.1 Å². The Morgan fingerprint density at radius 1 is 0.875 bits per heavy atom. The normalized spacial score (nSPS) is 11.0. The Hall–Kier alpha value is -4.67. The molecule has 0 saturated heterocycles. The third-order valence-electron chi connectivity index (χ3n) is 5.58. The van der Waals surface area contributed by atoms with E-state index in [0.717, 1.165) is 15.3 Å². The Morgan fingerprint density at radius 2 is 1.68 bits per heavy atom. The minimum absolute atomic E-state index is 0.0742. The number of hydrogen-bond donors (Lipinski definition) is 4. The van der Waals surface area contributed by atoms with Crippen molar-refractivity contribution in [2.45, 2.75) is 11.8 Å². The maximum Gasteiger partial charge on any atom is 0.335 e. The summed E-state index contributed by atoms with van der Waals surface area (Å²) in [6.07, 6.45) is 1.62. The summed E-state index contributed by atoms with van der Waals surface area (Å²) in [6.45, 7) is 1.78. The third-order valence-corrected chi connectivity index (χ3v) is 7.39. The summed E-state index contributed by atoms with van der Waals surface area (Å²) in [5, 5.41) is 19.3. The molecule has 40 heavy (non-hydrogen) atoms. The van der Waals surface area contributed by atoms with E-state index in [9.17, 15) is 24.3 Å². The molecule has 1 heterocycles. The smallest absolute Gasteiger partial charge is 0.335 e. The molecule has 1 aromatic heterocycles. The number of nitrogens with one attached hydrogen (secondary N) is 3. The SMILES string of the molecule is Cc1ccc(C(=O)O)cc1NC(=O)CSc1cccc(NC(=O)/C(=C/c2cccs2)NC(=O)c2ccccc2)c1. The van der Waals surface area contributed by atoms with Crippen molar-refractivity contribution < 1.29 is 24.3 Å². The number of anilines is 2. The van der Waals surface area contributed by atoms with Gasteiger partial charge in [0.2, 0.25) is 5.91 Å². The van der Waals surface area contributed by atoms with E-state index < -0.39 is 17.8 Å². The summed E-state index contributed by atoms with van der Waals surface area (Å²) in [7, 11) is 0. The van der Waals surface area contributed by atoms with Gasteiger partial charge in [0, 0.05) is 26.7 Å². The number of amides is 3. The van der Waals surface area contributed by atoms with Gasteiger partial charge >= 0.3 is 5.97 Å². The minimum atomic E-state index is -1.07. The molecular formula is C30H25N3O5S2. The van der Waals surface area contributed by atoms with E-state index in [1.54, 1.807) is 67.6 Å². The zero-order valence-electron chi connectivity index (χ0n) is 21.3. The van der Waals surface area contributed by atoms with Crippen molar-refractivity contribution in [1.82, 2.24) is 5.32 Å². The Kier molecular flexibility index (Phi) is 9.50. The lowest BCUT2D eigenvalue weighted by atomic mass is 10.1. The van der Waals surface area contributed by atoms with Crippen LogP contribution in [0.4, 0.5) is 11.4 Å². The molecule has 0 unspecified atom stereocenters. The van der Waals surface area contributed by atoms with Crippen LogP contribution in [0.1, 0.15) is 31.2 Å². The standard InChI is InChI=1S/C30H25N3O5S2/c1-19-12-13-21(30(37)38)15-25(19)32-27(34)18-40-23-10-5-9-22(16-23)31-29(36)26(17-24-11-6-14-39-24)33-28(35)20-7-3-2-4-8-20/h2-17H,18H2,1H3,(H,31,36)(H,32,34)(H,33,35)(H,37,38)/b26-17-. The predicted octanol–water partition coefficient (Wildman–Crippen LogP) is 5.90. The number of aryl methyl sites for hydroxylation is 1. The molecule has 10 heteroatoms. The van der Waals surface area contributed by atoms with Crippen molar-refractivity contribution in [3.05, 3.63) is 118 Å². The van der Waals surface area contributed by atoms with Crippen LogP contribution < -0.4 is 16.0 Å². The lowest BCUT2D eigenvalue weighted by molar-refractivity contribution is -0.114. The van der Waals surface area contributed by atoms with Crippen molar-refractivity contribution in [3.63, 3.8) is 0 Å². The number of carbonyl (C=O) groups is 4. The van der Waals surface area contributed by atoms with E-state index in [4.69, 9.17) is 0 Å². The number of hydrogen-bond acceptors (Lipinski definition) is 6. The molecule has 4 N–H and O–H groups in total. The highest BCUT2D eigenvalue weighted by atomic mass is 32.2. The van der Waals surface area contributed by atoms with Crippen LogP contribution in [0.25, 0.3) is 6.08 Å². The van der Waals surface area contributed by atoms with Gasteiger partial charge in [-0.15, -0.1) is 23.1 Å². The van der Waals surface area contributed by atoms with E-state index in [1.165, 1.54) is 35.2 Å². The molecule has 0 aliphatic rings. The van der Waals surface area contributed by atoms with Crippen molar-refractivity contribution in [3.8, 4) is 0 Å². The fourth-order valence-corrected chi connectivity index (χ4v) is 4.96. The number of carboxylic acids is 1. The summed E-state index contributed by atoms with van der Waals surface area (Å²) in [4.78, 5) is 51.3. The van der Waals surface area contributed by atoms with Crippen LogP contribution >= 0.6 is 23.1 Å². The van der Waals surface area contributed by atoms with Gasteiger partial charge in [-0.1, -0.05) is 36.4 Å². The maximum atomic E-state index is 13.2. The average molecular weight is 572 g/mol. The van der Waals surface area contributed by atoms with E-state index in [2.05, 4.69) is 16.0 Å². The summed E-state index contributed by atoms with van der Waals surface area (Å²) >= 11 is 2.70. The van der Waals surface area contributed by atoms with Crippen molar-refractivity contribution in [1.29, 1.82) is 0 Å². The first-order chi connectivity index (χ1) is 19.3. The van der Waals surface area contributed by atoms with Gasteiger partial charge in [0.25, 0.3) is 11.8 Å². The quantitative estimate of drug-likeness (QED) is 0.139. The fourth-order valence-electron chi connectivity index (χ4n) is 3.54. The number of benzene rings is 3. The Labute approximate surface area is 239 Å². The van der Waals surface area contributed by atoms with Crippen LogP contribution in [-0.2, 0) is 9.59 Å². The predicted molar refractivity (Wildman–Crippen MR) is 159 cm³/mol. The monoisotopic (exact) mass is 571 g/mol. The zero-order valence-corrected chi connectivity index (χ0v) is 23.0. The number of aromatic carboxylic acids is 1. The molecule has 8 nitrogen and oxygen atoms in total. The molecule has 0 aliphatic heterocycles. The van der Waals surface area contributed by atoms with E-state index in [-0.39, 0.29) is 22.9 Å². The van der Waals surface area contributed by atoms with Gasteiger partial charge in [0.1, 0.15) is 5.70 Å². The average Bonchev–Trinajstić information content (AvgIpc) is 3.46. The van der Waals surface area contributed by atoms with E-state index >= 15 is 0 Å². The zero-order chi connectivity index (χ0) is 28.5. The number of thioether (sulfide) groups is 1. The fraction of sp³-hybridized carbons (Fsp3) is 0.0667. The van der Waals surface area contributed by atoms with Gasteiger partial charge in [-0.25, -0.2) is 4.79 Å². The lowest BCUT2D eigenvalue weighted by Gasteiger charge is -2.12. The van der Waals surface area contributed by atoms with Crippen LogP contribution in [0.15, 0.2) is 101 Å². The van der Waals surface area contributed by atoms with Crippen LogP contribution in [0, 0.1) is 6.92 Å². The molecule has 0 spiro atoms. The first-order valence-electron chi connectivity index (χ1n) is 12.1. The van der Waals surface area contributed by atoms with Gasteiger partial charge in [-0.05, 0) is 72.5 Å². The van der Waals surface area contributed by atoms with Crippen LogP contribution in [-0.4, -0.2) is 34.6 Å². The largest absolute Gasteiger partial charge is 0.478 e. The first kappa shape index (κ1) is 28.3.